The molecule has 0 fully saturated rings. The van der Waals surface area contributed by atoms with E-state index in [0.717, 1.165) is 27.4 Å². The largest absolute Gasteiger partial charge is 0.444 e. The van der Waals surface area contributed by atoms with Crippen LogP contribution >= 0.6 is 0 Å². The first-order chi connectivity index (χ1) is 16.6. The minimum Gasteiger partial charge on any atom is -0.444 e. The van der Waals surface area contributed by atoms with Gasteiger partial charge in [-0.2, -0.15) is 0 Å². The number of hydrogen-bond donors (Lipinski definition) is 3. The molecule has 0 saturated heterocycles. The number of fused-ring (bicyclic) bond motifs is 2. The first kappa shape index (κ1) is 22.5. The van der Waals surface area contributed by atoms with E-state index < -0.39 is 23.5 Å². The normalized spacial score (nSPS) is 14.2. The molecule has 0 atom stereocenters. The van der Waals surface area contributed by atoms with Gasteiger partial charge in [-0.05, 0) is 32.4 Å². The van der Waals surface area contributed by atoms with Crippen molar-refractivity contribution >= 4 is 50.9 Å². The third kappa shape index (κ3) is 3.97. The van der Waals surface area contributed by atoms with Crippen LogP contribution in [0.15, 0.2) is 54.9 Å². The van der Waals surface area contributed by atoms with Crippen LogP contribution in [0.1, 0.15) is 37.5 Å². The van der Waals surface area contributed by atoms with Crippen LogP contribution in [0.3, 0.4) is 0 Å². The highest BCUT2D eigenvalue weighted by Gasteiger charge is 2.34. The Labute approximate surface area is 201 Å². The summed E-state index contributed by atoms with van der Waals surface area (Å²) < 4.78 is 5.46. The molecule has 8 heteroatoms. The topological polar surface area (TPSA) is 107 Å². The third-order valence-electron chi connectivity index (χ3n) is 5.97. The molecule has 3 amide bonds. The number of benzene rings is 2. The molecule has 2 aromatic carbocycles. The second-order valence-electron chi connectivity index (χ2n) is 9.66. The van der Waals surface area contributed by atoms with E-state index in [9.17, 15) is 14.4 Å². The molecule has 35 heavy (non-hydrogen) atoms. The fourth-order valence-corrected chi connectivity index (χ4v) is 4.46. The van der Waals surface area contributed by atoms with Crippen molar-refractivity contribution in [3.63, 3.8) is 0 Å². The van der Waals surface area contributed by atoms with Crippen LogP contribution in [-0.4, -0.2) is 45.4 Å². The fraction of sp³-hybridized carbons (Fsp3) is 0.222. The van der Waals surface area contributed by atoms with Gasteiger partial charge >= 0.3 is 6.09 Å². The lowest BCUT2D eigenvalue weighted by atomic mass is 9.95. The molecule has 178 valence electrons. The van der Waals surface area contributed by atoms with Crippen LogP contribution in [0.4, 0.5) is 4.79 Å². The van der Waals surface area contributed by atoms with E-state index in [2.05, 4.69) is 15.3 Å². The van der Waals surface area contributed by atoms with Gasteiger partial charge < -0.3 is 19.6 Å². The average molecular weight is 471 g/mol. The number of imide groups is 1. The number of carbonyl (C=O) groups excluding carboxylic acids is 3. The zero-order valence-electron chi connectivity index (χ0n) is 20.0. The summed E-state index contributed by atoms with van der Waals surface area (Å²) in [6, 6.07) is 13.3. The molecule has 1 aliphatic rings. The molecular formula is C27H26N4O4. The maximum Gasteiger partial charge on any atom is 0.410 e. The Kier molecular flexibility index (Phi) is 5.24. The zero-order chi connectivity index (χ0) is 24.9. The summed E-state index contributed by atoms with van der Waals surface area (Å²) in [6.45, 7) is 5.78. The number of aromatic amines is 2. The first-order valence-corrected chi connectivity index (χ1v) is 11.3. The lowest BCUT2D eigenvalue weighted by Crippen LogP contribution is -2.33. The summed E-state index contributed by atoms with van der Waals surface area (Å²) in [5.41, 5.74) is 3.91. The molecule has 8 nitrogen and oxygen atoms in total. The Morgan fingerprint density at radius 3 is 2.23 bits per heavy atom. The minimum absolute atomic E-state index is 0.311. The molecule has 4 aromatic rings. The van der Waals surface area contributed by atoms with Gasteiger partial charge in [-0.15, -0.1) is 0 Å². The minimum atomic E-state index is -0.593. The fourth-order valence-electron chi connectivity index (χ4n) is 4.46. The molecule has 3 heterocycles. The van der Waals surface area contributed by atoms with E-state index >= 15 is 0 Å². The number of nitrogens with one attached hydrogen (secondary N) is 3. The Morgan fingerprint density at radius 2 is 1.51 bits per heavy atom. The number of hydrogen-bond acceptors (Lipinski definition) is 4. The van der Waals surface area contributed by atoms with E-state index in [1.165, 1.54) is 4.90 Å². The number of carbonyl (C=O) groups is 3. The van der Waals surface area contributed by atoms with E-state index in [-0.39, 0.29) is 0 Å². The smallest absolute Gasteiger partial charge is 0.410 e. The van der Waals surface area contributed by atoms with Gasteiger partial charge in [-0.25, -0.2) is 4.79 Å². The number of nitrogens with zero attached hydrogens (tertiary/aromatic N) is 1. The number of aromatic nitrogens is 2. The van der Waals surface area contributed by atoms with E-state index in [0.29, 0.717) is 28.8 Å². The van der Waals surface area contributed by atoms with E-state index in [4.69, 9.17) is 4.74 Å². The van der Waals surface area contributed by atoms with Crippen LogP contribution in [0.5, 0.6) is 0 Å². The highest BCUT2D eigenvalue weighted by molar-refractivity contribution is 6.50. The maximum atomic E-state index is 13.0. The molecule has 0 bridgehead atoms. The summed E-state index contributed by atoms with van der Waals surface area (Å²) in [5.74, 6) is -0.864. The van der Waals surface area contributed by atoms with Crippen molar-refractivity contribution in [3.8, 4) is 0 Å². The number of rotatable bonds is 4. The van der Waals surface area contributed by atoms with Gasteiger partial charge in [0.2, 0.25) is 0 Å². The van der Waals surface area contributed by atoms with Crippen LogP contribution in [-0.2, 0) is 20.9 Å². The second-order valence-corrected chi connectivity index (χ2v) is 9.66. The van der Waals surface area contributed by atoms with Crippen LogP contribution < -0.4 is 5.32 Å². The SMILES string of the molecule is CN(Cc1cccc2c(C3=C(c4c[nH]c5ccccc45)C(=O)NC3=O)c[nH]c12)C(=O)OC(C)(C)C. The molecule has 5 rings (SSSR count). The van der Waals surface area contributed by atoms with Crippen molar-refractivity contribution in [2.24, 2.45) is 0 Å². The van der Waals surface area contributed by atoms with Gasteiger partial charge in [0, 0.05) is 46.9 Å². The first-order valence-electron chi connectivity index (χ1n) is 11.3. The molecule has 1 aliphatic heterocycles. The maximum absolute atomic E-state index is 13.0. The Bertz CT molecular complexity index is 1530. The van der Waals surface area contributed by atoms with Crippen molar-refractivity contribution in [1.82, 2.24) is 20.2 Å². The lowest BCUT2D eigenvalue weighted by molar-refractivity contribution is -0.122. The highest BCUT2D eigenvalue weighted by atomic mass is 16.6. The predicted molar refractivity (Wildman–Crippen MR) is 134 cm³/mol. The average Bonchev–Trinajstić information content (AvgIpc) is 3.47. The zero-order valence-corrected chi connectivity index (χ0v) is 20.0. The Hall–Kier alpha value is -4.33. The summed E-state index contributed by atoms with van der Waals surface area (Å²) >= 11 is 0. The molecule has 2 aromatic heterocycles. The summed E-state index contributed by atoms with van der Waals surface area (Å²) in [4.78, 5) is 46.3. The molecule has 0 unspecified atom stereocenters. The van der Waals surface area contributed by atoms with Gasteiger partial charge in [0.1, 0.15) is 5.60 Å². The molecular weight excluding hydrogens is 444 g/mol. The lowest BCUT2D eigenvalue weighted by Gasteiger charge is -2.24. The van der Waals surface area contributed by atoms with Crippen LogP contribution in [0.25, 0.3) is 33.0 Å². The van der Waals surface area contributed by atoms with Gasteiger partial charge in [0.05, 0.1) is 23.2 Å². The van der Waals surface area contributed by atoms with Gasteiger partial charge in [0.15, 0.2) is 0 Å². The summed E-state index contributed by atoms with van der Waals surface area (Å²) in [6.07, 6.45) is 3.07. The van der Waals surface area contributed by atoms with Crippen molar-refractivity contribution in [3.05, 3.63) is 71.5 Å². The van der Waals surface area contributed by atoms with Gasteiger partial charge in [-0.3, -0.25) is 14.9 Å². The predicted octanol–water partition coefficient (Wildman–Crippen LogP) is 4.58. The van der Waals surface area contributed by atoms with Gasteiger partial charge in [0.25, 0.3) is 11.8 Å². The van der Waals surface area contributed by atoms with Crippen molar-refractivity contribution in [1.29, 1.82) is 0 Å². The Morgan fingerprint density at radius 1 is 0.886 bits per heavy atom. The van der Waals surface area contributed by atoms with Crippen molar-refractivity contribution in [2.45, 2.75) is 32.9 Å². The quantitative estimate of drug-likeness (QED) is 0.379. The highest BCUT2D eigenvalue weighted by Crippen LogP contribution is 2.38. The molecule has 0 aliphatic carbocycles. The van der Waals surface area contributed by atoms with Crippen molar-refractivity contribution in [2.75, 3.05) is 7.05 Å². The van der Waals surface area contributed by atoms with Crippen molar-refractivity contribution < 1.29 is 19.1 Å². The number of para-hydroxylation sites is 2. The third-order valence-corrected chi connectivity index (χ3v) is 5.97. The van der Waals surface area contributed by atoms with Gasteiger partial charge in [-0.1, -0.05) is 36.4 Å². The number of amides is 3. The monoisotopic (exact) mass is 470 g/mol. The van der Waals surface area contributed by atoms with Crippen LogP contribution in [0, 0.1) is 0 Å². The Balaban J connectivity index is 1.59. The molecule has 0 spiro atoms. The van der Waals surface area contributed by atoms with E-state index in [1.807, 2.05) is 63.2 Å². The molecule has 0 saturated carbocycles. The van der Waals surface area contributed by atoms with E-state index in [1.54, 1.807) is 19.4 Å². The molecule has 3 N–H and O–H groups in total. The summed E-state index contributed by atoms with van der Waals surface area (Å²) in [5, 5.41) is 4.11. The standard InChI is InChI=1S/C27H26N4O4/c1-27(2,3)35-26(34)31(4)14-15-8-7-10-17-19(13-29-23(15)17)22-21(24(32)30-25(22)33)18-12-28-20-11-6-5-9-16(18)20/h5-13,28-29H,14H2,1-4H3,(H,30,32,33). The number of ether oxygens (including phenoxy) is 1. The summed E-state index contributed by atoms with van der Waals surface area (Å²) in [7, 11) is 1.68. The molecule has 0 radical (unpaired) electrons. The second kappa shape index (κ2) is 8.16. The van der Waals surface area contributed by atoms with Crippen LogP contribution in [0.2, 0.25) is 0 Å². The number of H-pyrrole nitrogens is 2.